The normalized spacial score (nSPS) is 24.4. The highest BCUT2D eigenvalue weighted by Crippen LogP contribution is 2.39. The Balaban J connectivity index is 1.34. The van der Waals surface area contributed by atoms with Gasteiger partial charge in [0.1, 0.15) is 5.69 Å². The number of aliphatic hydroxyl groups is 1. The Labute approximate surface area is 194 Å². The Morgan fingerprint density at radius 2 is 2.00 bits per heavy atom. The number of aromatic nitrogens is 4. The van der Waals surface area contributed by atoms with E-state index in [9.17, 15) is 23.1 Å². The zero-order valence-electron chi connectivity index (χ0n) is 19.1. The maximum Gasteiger partial charge on any atom is 0.434 e. The first kappa shape index (κ1) is 23.9. The van der Waals surface area contributed by atoms with Crippen LogP contribution < -0.4 is 20.3 Å². The number of hydrogen-bond donors (Lipinski definition) is 3. The molecule has 2 aliphatic rings. The van der Waals surface area contributed by atoms with Crippen LogP contribution in [-0.4, -0.2) is 56.4 Å². The second-order valence-corrected chi connectivity index (χ2v) is 8.95. The van der Waals surface area contributed by atoms with Gasteiger partial charge in [-0.05, 0) is 25.7 Å². The number of rotatable bonds is 6. The summed E-state index contributed by atoms with van der Waals surface area (Å²) in [5.41, 5.74) is -1.77. The monoisotopic (exact) mass is 481 g/mol. The van der Waals surface area contributed by atoms with Crippen LogP contribution in [0.5, 0.6) is 5.88 Å². The van der Waals surface area contributed by atoms with Crippen molar-refractivity contribution in [2.45, 2.75) is 51.6 Å². The number of carbonyl (C=O) groups is 1. The van der Waals surface area contributed by atoms with Crippen LogP contribution in [0, 0.1) is 18.8 Å². The molecular formula is C21H26F3N7O3. The number of ether oxygens (including phenoxy) is 1. The summed E-state index contributed by atoms with van der Waals surface area (Å²) in [6.45, 7) is 5.56. The predicted octanol–water partition coefficient (Wildman–Crippen LogP) is 2.60. The molecule has 3 heterocycles. The van der Waals surface area contributed by atoms with E-state index in [1.807, 2.05) is 0 Å². The lowest BCUT2D eigenvalue weighted by Gasteiger charge is -2.44. The third kappa shape index (κ3) is 4.31. The Morgan fingerprint density at radius 1 is 1.29 bits per heavy atom. The van der Waals surface area contributed by atoms with Gasteiger partial charge in [-0.25, -0.2) is 15.0 Å². The van der Waals surface area contributed by atoms with Crippen molar-refractivity contribution < 1.29 is 27.8 Å². The predicted molar refractivity (Wildman–Crippen MR) is 116 cm³/mol. The van der Waals surface area contributed by atoms with Gasteiger partial charge in [-0.15, -0.1) is 0 Å². The fourth-order valence-electron chi connectivity index (χ4n) is 4.09. The minimum absolute atomic E-state index is 0.0424. The van der Waals surface area contributed by atoms with Gasteiger partial charge in [0, 0.05) is 19.0 Å². The smallest absolute Gasteiger partial charge is 0.434 e. The van der Waals surface area contributed by atoms with Crippen LogP contribution in [0.2, 0.25) is 0 Å². The second kappa shape index (κ2) is 8.53. The molecule has 10 nitrogen and oxygen atoms in total. The number of halogens is 3. The molecule has 2 aromatic heterocycles. The molecule has 0 saturated heterocycles. The molecular weight excluding hydrogens is 455 g/mol. The van der Waals surface area contributed by atoms with Crippen LogP contribution in [0.4, 0.5) is 30.6 Å². The molecule has 34 heavy (non-hydrogen) atoms. The van der Waals surface area contributed by atoms with E-state index in [1.54, 1.807) is 27.8 Å². The minimum atomic E-state index is -4.54. The van der Waals surface area contributed by atoms with Crippen molar-refractivity contribution in [3.8, 4) is 5.88 Å². The Morgan fingerprint density at radius 3 is 2.59 bits per heavy atom. The standard InChI is InChI=1S/C21H26F3N7O3/c1-10(2)20(33)18(32)29-16-11(3)27-19(30-17(16)31(20)4)28-13-5-12(6-13)9-34-15-8-25-14(7-26-15)21(22,23)24/h7-8,10,12-13,33H,5-6,9H2,1-4H3,(H,29,32)(H,27,28,30)/t12?,13?,20-/m0/s1. The number of hydrogen-bond acceptors (Lipinski definition) is 9. The zero-order chi connectivity index (χ0) is 24.8. The van der Waals surface area contributed by atoms with Crippen molar-refractivity contribution in [3.05, 3.63) is 23.8 Å². The number of nitrogens with one attached hydrogen (secondary N) is 2. The fourth-order valence-corrected chi connectivity index (χ4v) is 4.09. The summed E-state index contributed by atoms with van der Waals surface area (Å²) in [7, 11) is 1.62. The number of fused-ring (bicyclic) bond motifs is 1. The first-order valence-electron chi connectivity index (χ1n) is 10.8. The highest BCUT2D eigenvalue weighted by Gasteiger charge is 2.49. The highest BCUT2D eigenvalue weighted by atomic mass is 19.4. The van der Waals surface area contributed by atoms with Gasteiger partial charge in [0.2, 0.25) is 17.6 Å². The van der Waals surface area contributed by atoms with Crippen molar-refractivity contribution >= 4 is 23.4 Å². The van der Waals surface area contributed by atoms with E-state index in [0.717, 1.165) is 19.0 Å². The van der Waals surface area contributed by atoms with E-state index < -0.39 is 23.5 Å². The molecule has 0 spiro atoms. The molecule has 184 valence electrons. The van der Waals surface area contributed by atoms with E-state index in [1.165, 1.54) is 4.90 Å². The lowest BCUT2D eigenvalue weighted by atomic mass is 9.81. The molecule has 1 aliphatic carbocycles. The number of nitrogens with zero attached hydrogens (tertiary/aromatic N) is 5. The van der Waals surface area contributed by atoms with Gasteiger partial charge in [-0.1, -0.05) is 13.8 Å². The van der Waals surface area contributed by atoms with Gasteiger partial charge in [0.05, 0.1) is 24.7 Å². The van der Waals surface area contributed by atoms with E-state index in [4.69, 9.17) is 4.74 Å². The third-order valence-electron chi connectivity index (χ3n) is 6.23. The molecule has 4 rings (SSSR count). The molecule has 1 saturated carbocycles. The lowest BCUT2D eigenvalue weighted by Crippen LogP contribution is -2.62. The number of alkyl halides is 3. The van der Waals surface area contributed by atoms with Crippen molar-refractivity contribution in [1.82, 2.24) is 19.9 Å². The second-order valence-electron chi connectivity index (χ2n) is 8.95. The largest absolute Gasteiger partial charge is 0.476 e. The molecule has 0 radical (unpaired) electrons. The summed E-state index contributed by atoms with van der Waals surface area (Å²) in [6.07, 6.45) is -1.43. The van der Waals surface area contributed by atoms with Crippen LogP contribution >= 0.6 is 0 Å². The third-order valence-corrected chi connectivity index (χ3v) is 6.23. The van der Waals surface area contributed by atoms with Gasteiger partial charge in [0.25, 0.3) is 5.91 Å². The SMILES string of the molecule is Cc1nc(NC2CC(COc3cnc(C(F)(F)F)cn3)C2)nc2c1NC(=O)[C@@](O)(C(C)C)N2C. The minimum Gasteiger partial charge on any atom is -0.476 e. The Kier molecular flexibility index (Phi) is 6.00. The molecule has 3 N–H and O–H groups in total. The molecule has 0 bridgehead atoms. The zero-order valence-corrected chi connectivity index (χ0v) is 19.1. The molecule has 1 atom stereocenters. The summed E-state index contributed by atoms with van der Waals surface area (Å²) in [4.78, 5) is 29.9. The summed E-state index contributed by atoms with van der Waals surface area (Å²) in [6, 6.07) is 0.0807. The van der Waals surface area contributed by atoms with Crippen LogP contribution in [0.3, 0.4) is 0 Å². The average molecular weight is 481 g/mol. The number of aryl methyl sites for hydroxylation is 1. The summed E-state index contributed by atoms with van der Waals surface area (Å²) in [5.74, 6) is 0.131. The van der Waals surface area contributed by atoms with E-state index in [0.29, 0.717) is 36.0 Å². The fraction of sp³-hybridized carbons (Fsp3) is 0.571. The lowest BCUT2D eigenvalue weighted by molar-refractivity contribution is -0.141. The van der Waals surface area contributed by atoms with Gasteiger partial charge in [0.15, 0.2) is 11.5 Å². The number of carbonyl (C=O) groups excluding carboxylic acids is 1. The highest BCUT2D eigenvalue weighted by molar-refractivity contribution is 6.05. The van der Waals surface area contributed by atoms with Crippen LogP contribution in [0.15, 0.2) is 12.4 Å². The Bertz CT molecular complexity index is 1070. The molecule has 13 heteroatoms. The number of amides is 1. The number of anilines is 3. The molecule has 0 unspecified atom stereocenters. The summed E-state index contributed by atoms with van der Waals surface area (Å²) < 4.78 is 43.1. The molecule has 0 aromatic carbocycles. The average Bonchev–Trinajstić information content (AvgIpc) is 2.74. The molecule has 1 amide bonds. The van der Waals surface area contributed by atoms with Crippen LogP contribution in [-0.2, 0) is 11.0 Å². The van der Waals surface area contributed by atoms with Crippen LogP contribution in [0.1, 0.15) is 38.1 Å². The Hall–Kier alpha value is -3.22. The first-order chi connectivity index (χ1) is 15.9. The van der Waals surface area contributed by atoms with Gasteiger partial charge in [-0.3, -0.25) is 4.79 Å². The maximum absolute atomic E-state index is 12.6. The van der Waals surface area contributed by atoms with Crippen molar-refractivity contribution in [2.24, 2.45) is 11.8 Å². The van der Waals surface area contributed by atoms with E-state index >= 15 is 0 Å². The maximum atomic E-state index is 12.6. The van der Waals surface area contributed by atoms with Crippen LogP contribution in [0.25, 0.3) is 0 Å². The number of likely N-dealkylation sites (N-methyl/N-ethyl adjacent to an activating group) is 1. The first-order valence-corrected chi connectivity index (χ1v) is 10.8. The van der Waals surface area contributed by atoms with Crippen molar-refractivity contribution in [2.75, 3.05) is 29.2 Å². The van der Waals surface area contributed by atoms with Crippen molar-refractivity contribution in [3.63, 3.8) is 0 Å². The van der Waals surface area contributed by atoms with Gasteiger partial charge < -0.3 is 25.4 Å². The van der Waals surface area contributed by atoms with E-state index in [2.05, 4.69) is 30.6 Å². The quantitative estimate of drug-likeness (QED) is 0.571. The van der Waals surface area contributed by atoms with Gasteiger partial charge in [-0.2, -0.15) is 18.2 Å². The molecule has 1 aliphatic heterocycles. The topological polar surface area (TPSA) is 125 Å². The summed E-state index contributed by atoms with van der Waals surface area (Å²) in [5, 5.41) is 16.9. The summed E-state index contributed by atoms with van der Waals surface area (Å²) >= 11 is 0. The molecule has 1 fully saturated rings. The van der Waals surface area contributed by atoms with E-state index in [-0.39, 0.29) is 23.8 Å². The molecule has 2 aromatic rings. The van der Waals surface area contributed by atoms with Crippen molar-refractivity contribution in [1.29, 1.82) is 0 Å². The van der Waals surface area contributed by atoms with Gasteiger partial charge >= 0.3 is 6.18 Å².